The van der Waals surface area contributed by atoms with Crippen LogP contribution in [0.4, 0.5) is 0 Å². The fraction of sp³-hybridized carbons (Fsp3) is 0.667. The summed E-state index contributed by atoms with van der Waals surface area (Å²) in [6.07, 6.45) is 2.68. The third-order valence-corrected chi connectivity index (χ3v) is 1.36. The molecular formula is C9H17NO2. The van der Waals surface area contributed by atoms with Crippen LogP contribution >= 0.6 is 0 Å². The lowest BCUT2D eigenvalue weighted by molar-refractivity contribution is -0.130. The van der Waals surface area contributed by atoms with Crippen LogP contribution in [0.15, 0.2) is 12.5 Å². The van der Waals surface area contributed by atoms with Crippen molar-refractivity contribution in [2.24, 2.45) is 5.92 Å². The Kier molecular flexibility index (Phi) is 5.17. The van der Waals surface area contributed by atoms with E-state index in [1.807, 2.05) is 27.7 Å². The van der Waals surface area contributed by atoms with Crippen LogP contribution < -0.4 is 5.32 Å². The zero-order valence-corrected chi connectivity index (χ0v) is 8.13. The van der Waals surface area contributed by atoms with Crippen LogP contribution in [-0.2, 0) is 9.53 Å². The van der Waals surface area contributed by atoms with Crippen LogP contribution in [0, 0.1) is 5.92 Å². The fourth-order valence-electron chi connectivity index (χ4n) is 0.736. The number of Topliss-reactive ketones (excluding diaryl/α,β-unsaturated/α-hetero) is 1. The van der Waals surface area contributed by atoms with E-state index in [4.69, 9.17) is 4.74 Å². The predicted octanol–water partition coefficient (Wildman–Crippen LogP) is 1.65. The van der Waals surface area contributed by atoms with Crippen LogP contribution in [-0.4, -0.2) is 12.0 Å². The van der Waals surface area contributed by atoms with Gasteiger partial charge in [0.25, 0.3) is 0 Å². The van der Waals surface area contributed by atoms with Crippen molar-refractivity contribution >= 4 is 5.78 Å². The molecule has 3 heteroatoms. The molecule has 0 spiro atoms. The van der Waals surface area contributed by atoms with Gasteiger partial charge in [0.05, 0.1) is 0 Å². The van der Waals surface area contributed by atoms with E-state index in [1.54, 1.807) is 6.20 Å². The SMILES string of the molecule is CC.CC(C)C(=O)C1NC=CO1. The van der Waals surface area contributed by atoms with Gasteiger partial charge < -0.3 is 10.1 Å². The molecule has 0 amide bonds. The topological polar surface area (TPSA) is 38.3 Å². The summed E-state index contributed by atoms with van der Waals surface area (Å²) >= 11 is 0. The predicted molar refractivity (Wildman–Crippen MR) is 48.3 cm³/mol. The molecule has 1 aliphatic heterocycles. The Morgan fingerprint density at radius 1 is 1.50 bits per heavy atom. The number of rotatable bonds is 2. The molecule has 1 heterocycles. The summed E-state index contributed by atoms with van der Waals surface area (Å²) < 4.78 is 4.93. The summed E-state index contributed by atoms with van der Waals surface area (Å²) in [5.41, 5.74) is 0. The van der Waals surface area contributed by atoms with Crippen molar-refractivity contribution in [3.05, 3.63) is 12.5 Å². The molecule has 0 saturated carbocycles. The Bertz CT molecular complexity index is 156. The maximum Gasteiger partial charge on any atom is 0.228 e. The first kappa shape index (κ1) is 11.0. The number of hydrogen-bond donors (Lipinski definition) is 1. The van der Waals surface area contributed by atoms with E-state index >= 15 is 0 Å². The van der Waals surface area contributed by atoms with Gasteiger partial charge in [-0.3, -0.25) is 4.79 Å². The van der Waals surface area contributed by atoms with Crippen LogP contribution in [0.25, 0.3) is 0 Å². The van der Waals surface area contributed by atoms with E-state index in [0.29, 0.717) is 0 Å². The summed E-state index contributed by atoms with van der Waals surface area (Å²) in [6.45, 7) is 7.71. The number of carbonyl (C=O) groups excluding carboxylic acids is 1. The van der Waals surface area contributed by atoms with Gasteiger partial charge in [-0.2, -0.15) is 0 Å². The van der Waals surface area contributed by atoms with Crippen LogP contribution in [0.5, 0.6) is 0 Å². The Morgan fingerprint density at radius 3 is 2.42 bits per heavy atom. The summed E-state index contributed by atoms with van der Waals surface area (Å²) in [4.78, 5) is 11.1. The van der Waals surface area contributed by atoms with Crippen molar-refractivity contribution in [3.63, 3.8) is 0 Å². The van der Waals surface area contributed by atoms with Crippen LogP contribution in [0.2, 0.25) is 0 Å². The van der Waals surface area contributed by atoms with Gasteiger partial charge in [0.2, 0.25) is 6.23 Å². The molecular weight excluding hydrogens is 154 g/mol. The van der Waals surface area contributed by atoms with Gasteiger partial charge in [-0.1, -0.05) is 27.7 Å². The van der Waals surface area contributed by atoms with Gasteiger partial charge in [0, 0.05) is 12.1 Å². The van der Waals surface area contributed by atoms with Crippen molar-refractivity contribution in [1.82, 2.24) is 5.32 Å². The van der Waals surface area contributed by atoms with Gasteiger partial charge in [0.15, 0.2) is 5.78 Å². The molecule has 0 fully saturated rings. The van der Waals surface area contributed by atoms with Gasteiger partial charge >= 0.3 is 0 Å². The largest absolute Gasteiger partial charge is 0.469 e. The summed E-state index contributed by atoms with van der Waals surface area (Å²) in [5, 5.41) is 2.79. The van der Waals surface area contributed by atoms with Crippen molar-refractivity contribution in [2.45, 2.75) is 33.9 Å². The molecule has 1 rings (SSSR count). The number of nitrogens with one attached hydrogen (secondary N) is 1. The average molecular weight is 171 g/mol. The second-order valence-electron chi connectivity index (χ2n) is 2.54. The number of carbonyl (C=O) groups is 1. The Balaban J connectivity index is 0.000000561. The van der Waals surface area contributed by atoms with Crippen molar-refractivity contribution in [2.75, 3.05) is 0 Å². The van der Waals surface area contributed by atoms with Crippen molar-refractivity contribution in [3.8, 4) is 0 Å². The molecule has 0 aromatic heterocycles. The third-order valence-electron chi connectivity index (χ3n) is 1.36. The van der Waals surface area contributed by atoms with E-state index in [1.165, 1.54) is 6.26 Å². The second-order valence-corrected chi connectivity index (χ2v) is 2.54. The molecule has 0 saturated heterocycles. The van der Waals surface area contributed by atoms with E-state index in [2.05, 4.69) is 5.32 Å². The average Bonchev–Trinajstić information content (AvgIpc) is 2.58. The lowest BCUT2D eigenvalue weighted by atomic mass is 10.1. The van der Waals surface area contributed by atoms with Gasteiger partial charge in [-0.15, -0.1) is 0 Å². The van der Waals surface area contributed by atoms with Gasteiger partial charge in [-0.05, 0) is 0 Å². The first-order valence-corrected chi connectivity index (χ1v) is 4.32. The Morgan fingerprint density at radius 2 is 2.08 bits per heavy atom. The third kappa shape index (κ3) is 2.95. The molecule has 1 aliphatic rings. The number of ether oxygens (including phenoxy) is 1. The minimum Gasteiger partial charge on any atom is -0.469 e. The highest BCUT2D eigenvalue weighted by molar-refractivity contribution is 5.84. The molecule has 0 aromatic rings. The molecule has 0 bridgehead atoms. The van der Waals surface area contributed by atoms with Crippen molar-refractivity contribution < 1.29 is 9.53 Å². The summed E-state index contributed by atoms with van der Waals surface area (Å²) in [7, 11) is 0. The quantitative estimate of drug-likeness (QED) is 0.686. The van der Waals surface area contributed by atoms with E-state index in [-0.39, 0.29) is 11.7 Å². The van der Waals surface area contributed by atoms with Crippen LogP contribution in [0.3, 0.4) is 0 Å². The number of ketones is 1. The van der Waals surface area contributed by atoms with E-state index in [0.717, 1.165) is 0 Å². The maximum absolute atomic E-state index is 11.1. The highest BCUT2D eigenvalue weighted by Gasteiger charge is 2.22. The molecule has 1 N–H and O–H groups in total. The van der Waals surface area contributed by atoms with Gasteiger partial charge in [0.1, 0.15) is 6.26 Å². The first-order valence-electron chi connectivity index (χ1n) is 4.32. The molecule has 0 radical (unpaired) electrons. The molecule has 70 valence electrons. The second kappa shape index (κ2) is 5.63. The maximum atomic E-state index is 11.1. The standard InChI is InChI=1S/C7H11NO2.C2H6/c1-5(2)6(9)7-8-3-4-10-7;1-2/h3-5,7-8H,1-2H3;1-2H3. The van der Waals surface area contributed by atoms with Crippen molar-refractivity contribution in [1.29, 1.82) is 0 Å². The normalized spacial score (nSPS) is 19.2. The van der Waals surface area contributed by atoms with Crippen LogP contribution in [0.1, 0.15) is 27.7 Å². The molecule has 0 aromatic carbocycles. The molecule has 0 aliphatic carbocycles. The lowest BCUT2D eigenvalue weighted by Crippen LogP contribution is -2.34. The highest BCUT2D eigenvalue weighted by atomic mass is 16.5. The summed E-state index contributed by atoms with van der Waals surface area (Å²) in [5.74, 6) is 0.113. The minimum atomic E-state index is -0.444. The molecule has 3 nitrogen and oxygen atoms in total. The smallest absolute Gasteiger partial charge is 0.228 e. The van der Waals surface area contributed by atoms with Gasteiger partial charge in [-0.25, -0.2) is 0 Å². The van der Waals surface area contributed by atoms with E-state index < -0.39 is 6.23 Å². The molecule has 1 atom stereocenters. The molecule has 1 unspecified atom stereocenters. The fourth-order valence-corrected chi connectivity index (χ4v) is 0.736. The first-order chi connectivity index (χ1) is 5.72. The Hall–Kier alpha value is -0.990. The van der Waals surface area contributed by atoms with E-state index in [9.17, 15) is 4.79 Å². The molecule has 12 heavy (non-hydrogen) atoms. The number of hydrogen-bond acceptors (Lipinski definition) is 3. The minimum absolute atomic E-state index is 0.0254. The zero-order chi connectivity index (χ0) is 9.56. The zero-order valence-electron chi connectivity index (χ0n) is 8.13. The Labute approximate surface area is 73.8 Å². The lowest BCUT2D eigenvalue weighted by Gasteiger charge is -2.11. The summed E-state index contributed by atoms with van der Waals surface area (Å²) in [6, 6.07) is 0. The highest BCUT2D eigenvalue weighted by Crippen LogP contribution is 2.04. The monoisotopic (exact) mass is 171 g/mol.